The second-order valence-electron chi connectivity index (χ2n) is 2.11. The van der Waals surface area contributed by atoms with Crippen molar-refractivity contribution in [3.05, 3.63) is 10.2 Å². The molecule has 5 N–H and O–H groups in total. The van der Waals surface area contributed by atoms with Crippen molar-refractivity contribution in [1.29, 1.82) is 5.41 Å². The summed E-state index contributed by atoms with van der Waals surface area (Å²) in [5, 5.41) is 9.90. The zero-order valence-electron chi connectivity index (χ0n) is 6.51. The Hall–Kier alpha value is -1.43. The quantitative estimate of drug-likeness (QED) is 0.402. The number of H-pyrrole nitrogens is 1. The van der Waals surface area contributed by atoms with Gasteiger partial charge in [0, 0.05) is 13.3 Å². The van der Waals surface area contributed by atoms with Gasteiger partial charge in [0.05, 0.1) is 5.56 Å². The van der Waals surface area contributed by atoms with Crippen molar-refractivity contribution in [3.8, 4) is 0 Å². The maximum Gasteiger partial charge on any atom is 0.200 e. The molecule has 64 valence electrons. The molecule has 0 fully saturated rings. The molecule has 0 atom stereocenters. The lowest BCUT2D eigenvalue weighted by molar-refractivity contribution is 1.15. The summed E-state index contributed by atoms with van der Waals surface area (Å²) in [6, 6.07) is 0. The predicted octanol–water partition coefficient (Wildman–Crippen LogP) is 0.761. The number of aromatic nitrogens is 2. The molecule has 0 radical (unpaired) electrons. The molecule has 1 heterocycles. The van der Waals surface area contributed by atoms with Crippen molar-refractivity contribution in [3.63, 3.8) is 0 Å². The van der Waals surface area contributed by atoms with E-state index in [1.54, 1.807) is 7.05 Å². The molecule has 0 saturated heterocycles. The number of nitrogens with two attached hydrogens (primary N) is 1. The summed E-state index contributed by atoms with van der Waals surface area (Å²) in [5.41, 5.74) is 5.95. The molecule has 0 spiro atoms. The first-order valence-corrected chi connectivity index (χ1v) is 3.68. The van der Waals surface area contributed by atoms with Gasteiger partial charge >= 0.3 is 0 Å². The van der Waals surface area contributed by atoms with E-state index in [4.69, 9.17) is 23.4 Å². The van der Waals surface area contributed by atoms with Gasteiger partial charge in [0.2, 0.25) is 0 Å². The maximum absolute atomic E-state index is 7.07. The third-order valence-corrected chi connectivity index (χ3v) is 1.68. The fourth-order valence-corrected chi connectivity index (χ4v) is 1.09. The Morgan fingerprint density at radius 1 is 1.75 bits per heavy atom. The van der Waals surface area contributed by atoms with Crippen LogP contribution in [0.4, 0.5) is 11.8 Å². The van der Waals surface area contributed by atoms with Gasteiger partial charge in [-0.2, -0.15) is 0 Å². The Morgan fingerprint density at radius 3 is 2.92 bits per heavy atom. The molecule has 0 aromatic carbocycles. The molecule has 0 bridgehead atoms. The summed E-state index contributed by atoms with van der Waals surface area (Å²) >= 11 is 4.89. The van der Waals surface area contributed by atoms with Crippen molar-refractivity contribution in [2.24, 2.45) is 0 Å². The van der Waals surface area contributed by atoms with E-state index in [1.807, 2.05) is 0 Å². The minimum atomic E-state index is 0.245. The summed E-state index contributed by atoms with van der Waals surface area (Å²) in [6.07, 6.45) is 1.14. The smallest absolute Gasteiger partial charge is 0.200 e. The summed E-state index contributed by atoms with van der Waals surface area (Å²) in [5.74, 6) is 0.859. The molecule has 6 heteroatoms. The Bertz CT molecular complexity index is 355. The first-order valence-electron chi connectivity index (χ1n) is 3.27. The van der Waals surface area contributed by atoms with Crippen LogP contribution >= 0.6 is 12.2 Å². The second kappa shape index (κ2) is 3.31. The molecule has 0 aliphatic carbocycles. The highest BCUT2D eigenvalue weighted by Crippen LogP contribution is 2.10. The van der Waals surface area contributed by atoms with E-state index in [-0.39, 0.29) is 5.95 Å². The normalized spacial score (nSPS) is 9.42. The van der Waals surface area contributed by atoms with Crippen LogP contribution in [0, 0.1) is 10.0 Å². The summed E-state index contributed by atoms with van der Waals surface area (Å²) in [7, 11) is 1.72. The number of hydrogen-bond donors (Lipinski definition) is 4. The Labute approximate surface area is 74.5 Å². The van der Waals surface area contributed by atoms with Crippen molar-refractivity contribution in [2.75, 3.05) is 18.1 Å². The molecule has 0 unspecified atom stereocenters. The first kappa shape index (κ1) is 8.66. The molecule has 0 amide bonds. The van der Waals surface area contributed by atoms with E-state index in [9.17, 15) is 0 Å². The highest BCUT2D eigenvalue weighted by Gasteiger charge is 2.02. The molecular formula is C6H9N5S. The van der Waals surface area contributed by atoms with Crippen LogP contribution in [0.3, 0.4) is 0 Å². The van der Waals surface area contributed by atoms with Gasteiger partial charge in [0.15, 0.2) is 5.95 Å². The highest BCUT2D eigenvalue weighted by atomic mass is 32.1. The van der Waals surface area contributed by atoms with Crippen LogP contribution in [0.25, 0.3) is 0 Å². The molecule has 12 heavy (non-hydrogen) atoms. The summed E-state index contributed by atoms with van der Waals surface area (Å²) < 4.78 is 0.325. The van der Waals surface area contributed by atoms with E-state index >= 15 is 0 Å². The average Bonchev–Trinajstić information content (AvgIpc) is 2.03. The lowest BCUT2D eigenvalue weighted by Crippen LogP contribution is -2.04. The summed E-state index contributed by atoms with van der Waals surface area (Å²) in [4.78, 5) is 6.55. The fourth-order valence-electron chi connectivity index (χ4n) is 0.831. The SMILES string of the molecule is CNc1[nH]c(N)nc(=S)c1C=N. The maximum atomic E-state index is 7.07. The summed E-state index contributed by atoms with van der Waals surface area (Å²) in [6.45, 7) is 0. The molecule has 1 rings (SSSR count). The Morgan fingerprint density at radius 2 is 2.42 bits per heavy atom. The van der Waals surface area contributed by atoms with Crippen molar-refractivity contribution in [1.82, 2.24) is 9.97 Å². The zero-order chi connectivity index (χ0) is 9.14. The second-order valence-corrected chi connectivity index (χ2v) is 2.50. The van der Waals surface area contributed by atoms with E-state index in [0.717, 1.165) is 6.21 Å². The van der Waals surface area contributed by atoms with Crippen molar-refractivity contribution in [2.45, 2.75) is 0 Å². The van der Waals surface area contributed by atoms with Gasteiger partial charge in [-0.05, 0) is 0 Å². The largest absolute Gasteiger partial charge is 0.374 e. The molecule has 0 aliphatic rings. The predicted molar refractivity (Wildman–Crippen MR) is 51.3 cm³/mol. The van der Waals surface area contributed by atoms with Gasteiger partial charge in [-0.1, -0.05) is 12.2 Å². The number of hydrogen-bond acceptors (Lipinski definition) is 5. The van der Waals surface area contributed by atoms with E-state index in [0.29, 0.717) is 16.0 Å². The van der Waals surface area contributed by atoms with Crippen LogP contribution in [0.5, 0.6) is 0 Å². The van der Waals surface area contributed by atoms with Gasteiger partial charge in [-0.25, -0.2) is 4.98 Å². The van der Waals surface area contributed by atoms with Crippen molar-refractivity contribution < 1.29 is 0 Å². The number of nitrogens with one attached hydrogen (secondary N) is 3. The Balaban J connectivity index is 3.44. The third kappa shape index (κ3) is 1.42. The van der Waals surface area contributed by atoms with Crippen LogP contribution in [-0.4, -0.2) is 23.2 Å². The lowest BCUT2D eigenvalue weighted by atomic mass is 10.3. The molecular weight excluding hydrogens is 174 g/mol. The monoisotopic (exact) mass is 183 g/mol. The molecule has 0 aliphatic heterocycles. The van der Waals surface area contributed by atoms with Gasteiger partial charge in [0.25, 0.3) is 0 Å². The van der Waals surface area contributed by atoms with Crippen LogP contribution < -0.4 is 11.1 Å². The number of anilines is 2. The van der Waals surface area contributed by atoms with E-state index in [2.05, 4.69) is 15.3 Å². The zero-order valence-corrected chi connectivity index (χ0v) is 7.33. The van der Waals surface area contributed by atoms with Crippen LogP contribution in [0.2, 0.25) is 0 Å². The van der Waals surface area contributed by atoms with Gasteiger partial charge in [-0.3, -0.25) is 0 Å². The number of aromatic amines is 1. The minimum Gasteiger partial charge on any atom is -0.374 e. The average molecular weight is 183 g/mol. The van der Waals surface area contributed by atoms with Crippen molar-refractivity contribution >= 4 is 30.2 Å². The van der Waals surface area contributed by atoms with Gasteiger partial charge in [-0.15, -0.1) is 0 Å². The number of nitrogens with zero attached hydrogens (tertiary/aromatic N) is 1. The molecule has 0 saturated carbocycles. The molecule has 1 aromatic rings. The minimum absolute atomic E-state index is 0.245. The fraction of sp³-hybridized carbons (Fsp3) is 0.167. The highest BCUT2D eigenvalue weighted by molar-refractivity contribution is 7.71. The molecule has 1 aromatic heterocycles. The molecule has 5 nitrogen and oxygen atoms in total. The van der Waals surface area contributed by atoms with Crippen LogP contribution in [0.1, 0.15) is 5.56 Å². The van der Waals surface area contributed by atoms with Crippen LogP contribution in [-0.2, 0) is 0 Å². The van der Waals surface area contributed by atoms with E-state index < -0.39 is 0 Å². The first-order chi connectivity index (χ1) is 5.69. The van der Waals surface area contributed by atoms with E-state index in [1.165, 1.54) is 0 Å². The standard InChI is InChI=1S/C6H9N5S/c1-9-4-3(2-7)5(12)11-6(8)10-4/h2,7H,1H3,(H4,8,9,10,11,12). The number of nitrogen functional groups attached to an aromatic ring is 1. The van der Waals surface area contributed by atoms with Crippen LogP contribution in [0.15, 0.2) is 0 Å². The topological polar surface area (TPSA) is 90.6 Å². The lowest BCUT2D eigenvalue weighted by Gasteiger charge is -2.04. The Kier molecular flexibility index (Phi) is 2.39. The number of rotatable bonds is 2. The third-order valence-electron chi connectivity index (χ3n) is 1.37. The van der Waals surface area contributed by atoms with Gasteiger partial charge in [0.1, 0.15) is 10.5 Å². The van der Waals surface area contributed by atoms with Gasteiger partial charge < -0.3 is 21.4 Å².